The lowest BCUT2D eigenvalue weighted by molar-refractivity contribution is 0.120. The molecule has 0 N–H and O–H groups in total. The van der Waals surface area contributed by atoms with E-state index in [2.05, 4.69) is 102 Å². The van der Waals surface area contributed by atoms with E-state index in [0.29, 0.717) is 0 Å². The summed E-state index contributed by atoms with van der Waals surface area (Å²) in [5.74, 6) is 9.23. The van der Waals surface area contributed by atoms with Crippen molar-refractivity contribution in [3.8, 4) is 0 Å². The first-order chi connectivity index (χ1) is 20.1. The molecule has 12 unspecified atom stereocenters. The Bertz CT molecular complexity index is 1220. The number of benzene rings is 2. The summed E-state index contributed by atoms with van der Waals surface area (Å²) in [5.41, 5.74) is 7.11. The average molecular weight is 581 g/mol. The molecular weight excluding hydrogens is 521 g/mol. The molecule has 7 rings (SSSR count). The van der Waals surface area contributed by atoms with Gasteiger partial charge in [0.1, 0.15) is 0 Å². The van der Waals surface area contributed by atoms with Gasteiger partial charge in [-0.2, -0.15) is 0 Å². The second-order valence-corrected chi connectivity index (χ2v) is 22.9. The van der Waals surface area contributed by atoms with E-state index in [-0.39, 0.29) is 5.41 Å². The predicted molar refractivity (Wildman–Crippen MR) is 183 cm³/mol. The molecule has 0 aromatic heterocycles. The minimum atomic E-state index is -1.52. The first-order valence-corrected chi connectivity index (χ1v) is 21.4. The van der Waals surface area contributed by atoms with Crippen molar-refractivity contribution in [2.24, 2.45) is 47.3 Å². The summed E-state index contributed by atoms with van der Waals surface area (Å²) < 4.78 is 0. The topological polar surface area (TPSA) is 0 Å². The summed E-state index contributed by atoms with van der Waals surface area (Å²) >= 11 is 0. The molecule has 228 valence electrons. The molecule has 42 heavy (non-hydrogen) atoms. The highest BCUT2D eigenvalue weighted by Crippen LogP contribution is 2.69. The Morgan fingerprint density at radius 1 is 0.595 bits per heavy atom. The van der Waals surface area contributed by atoms with E-state index in [1.165, 1.54) is 56.9 Å². The van der Waals surface area contributed by atoms with Gasteiger partial charge in [0, 0.05) is 0 Å². The molecule has 5 aliphatic rings. The van der Waals surface area contributed by atoms with Crippen LogP contribution in [0.2, 0.25) is 24.2 Å². The molecule has 0 spiro atoms. The fraction of sp³-hybridized carbons (Fsp3) is 0.707. The highest BCUT2D eigenvalue weighted by atomic mass is 28.3. The third kappa shape index (κ3) is 4.82. The molecule has 0 aliphatic heterocycles. The zero-order valence-corrected chi connectivity index (χ0v) is 29.0. The normalized spacial score (nSPS) is 41.8. The Labute approximate surface area is 259 Å². The smallest absolute Gasteiger partial charge is 0.0546 e. The number of rotatable bonds is 4. The first kappa shape index (κ1) is 29.4. The SMILES string of the molecule is CC1CC2C(c3ccc(C(C)(C)C)cc3)CCCC2C1[Si](C)(C)C1C(C)CC2C1CC1CCCC1C2c1ccccc1. The number of hydrogen-bond acceptors (Lipinski definition) is 0. The minimum absolute atomic E-state index is 0.239. The fourth-order valence-electron chi connectivity index (χ4n) is 13.4. The Balaban J connectivity index is 1.17. The lowest BCUT2D eigenvalue weighted by Crippen LogP contribution is -2.48. The summed E-state index contributed by atoms with van der Waals surface area (Å²) in [7, 11) is -1.52. The molecule has 5 aliphatic carbocycles. The van der Waals surface area contributed by atoms with E-state index in [1.54, 1.807) is 17.5 Å². The van der Waals surface area contributed by atoms with Crippen molar-refractivity contribution < 1.29 is 0 Å². The van der Waals surface area contributed by atoms with Gasteiger partial charge in [-0.25, -0.2) is 0 Å². The van der Waals surface area contributed by atoms with Crippen LogP contribution in [0.3, 0.4) is 0 Å². The van der Waals surface area contributed by atoms with E-state index < -0.39 is 8.07 Å². The Hall–Kier alpha value is -1.34. The van der Waals surface area contributed by atoms with Crippen LogP contribution in [0.15, 0.2) is 54.6 Å². The molecular formula is C41H60Si. The third-order valence-corrected chi connectivity index (χ3v) is 19.9. The molecule has 0 heterocycles. The largest absolute Gasteiger partial charge is 0.0689 e. The van der Waals surface area contributed by atoms with Crippen LogP contribution < -0.4 is 0 Å². The van der Waals surface area contributed by atoms with Crippen molar-refractivity contribution in [1.82, 2.24) is 0 Å². The zero-order chi connectivity index (χ0) is 29.4. The van der Waals surface area contributed by atoms with Crippen LogP contribution in [0, 0.1) is 47.3 Å². The fourth-order valence-corrected chi connectivity index (χ4v) is 20.0. The van der Waals surface area contributed by atoms with Gasteiger partial charge in [-0.3, -0.25) is 0 Å². The van der Waals surface area contributed by atoms with Crippen molar-refractivity contribution in [1.29, 1.82) is 0 Å². The third-order valence-electron chi connectivity index (χ3n) is 14.4. The summed E-state index contributed by atoms with van der Waals surface area (Å²) in [6.07, 6.45) is 13.4. The van der Waals surface area contributed by atoms with Crippen molar-refractivity contribution in [3.63, 3.8) is 0 Å². The van der Waals surface area contributed by atoms with Crippen LogP contribution in [0.4, 0.5) is 0 Å². The van der Waals surface area contributed by atoms with Crippen molar-refractivity contribution in [2.45, 2.75) is 134 Å². The Morgan fingerprint density at radius 2 is 1.21 bits per heavy atom. The number of hydrogen-bond donors (Lipinski definition) is 0. The molecule has 0 bridgehead atoms. The van der Waals surface area contributed by atoms with Gasteiger partial charge in [-0.15, -0.1) is 0 Å². The molecule has 5 saturated carbocycles. The summed E-state index contributed by atoms with van der Waals surface area (Å²) in [5, 5.41) is 0. The molecule has 2 aromatic carbocycles. The van der Waals surface area contributed by atoms with E-state index in [4.69, 9.17) is 0 Å². The molecule has 5 fully saturated rings. The van der Waals surface area contributed by atoms with Crippen molar-refractivity contribution in [2.75, 3.05) is 0 Å². The molecule has 2 aromatic rings. The van der Waals surface area contributed by atoms with Crippen molar-refractivity contribution >= 4 is 8.07 Å². The van der Waals surface area contributed by atoms with Gasteiger partial charge in [0.15, 0.2) is 0 Å². The standard InChI is InChI=1S/C41H60Si/c1-26-23-35-32(28-19-21-31(22-20-28)41(3,4)5)16-12-18-34(35)39(26)42(6,7)40-27(2)24-36-37(40)25-30-15-11-17-33(30)38(36)29-13-9-8-10-14-29/h8-10,13-14,19-22,26-27,30,32-40H,11-12,15-18,23-25H2,1-7H3. The summed E-state index contributed by atoms with van der Waals surface area (Å²) in [4.78, 5) is 0. The zero-order valence-electron chi connectivity index (χ0n) is 28.0. The predicted octanol–water partition coefficient (Wildman–Crippen LogP) is 11.8. The minimum Gasteiger partial charge on any atom is -0.0689 e. The lowest BCUT2D eigenvalue weighted by atomic mass is 9.62. The van der Waals surface area contributed by atoms with Crippen LogP contribution in [-0.2, 0) is 5.41 Å². The maximum atomic E-state index is 2.92. The van der Waals surface area contributed by atoms with Crippen LogP contribution in [0.25, 0.3) is 0 Å². The van der Waals surface area contributed by atoms with Gasteiger partial charge in [-0.05, 0) is 124 Å². The molecule has 12 atom stereocenters. The van der Waals surface area contributed by atoms with E-state index >= 15 is 0 Å². The molecule has 0 radical (unpaired) electrons. The molecule has 0 saturated heterocycles. The second-order valence-electron chi connectivity index (χ2n) is 17.9. The van der Waals surface area contributed by atoms with E-state index in [9.17, 15) is 0 Å². The second kappa shape index (κ2) is 10.9. The maximum absolute atomic E-state index is 2.92. The van der Waals surface area contributed by atoms with Gasteiger partial charge >= 0.3 is 0 Å². The highest BCUT2D eigenvalue weighted by Gasteiger charge is 2.61. The number of fused-ring (bicyclic) bond motifs is 3. The Kier molecular flexibility index (Phi) is 7.64. The van der Waals surface area contributed by atoms with Crippen LogP contribution in [0.1, 0.15) is 121 Å². The van der Waals surface area contributed by atoms with Crippen LogP contribution >= 0.6 is 0 Å². The van der Waals surface area contributed by atoms with Crippen molar-refractivity contribution in [3.05, 3.63) is 71.3 Å². The van der Waals surface area contributed by atoms with Gasteiger partial charge < -0.3 is 0 Å². The first-order valence-electron chi connectivity index (χ1n) is 18.2. The molecule has 1 heteroatoms. The van der Waals surface area contributed by atoms with Gasteiger partial charge in [0.25, 0.3) is 0 Å². The monoisotopic (exact) mass is 580 g/mol. The molecule has 0 nitrogen and oxygen atoms in total. The quantitative estimate of drug-likeness (QED) is 0.315. The lowest BCUT2D eigenvalue weighted by Gasteiger charge is -2.50. The van der Waals surface area contributed by atoms with E-state index in [1.807, 2.05) is 0 Å². The highest BCUT2D eigenvalue weighted by molar-refractivity contribution is 6.80. The average Bonchev–Trinajstić information content (AvgIpc) is 3.65. The Morgan fingerprint density at radius 3 is 1.90 bits per heavy atom. The van der Waals surface area contributed by atoms with Gasteiger partial charge in [0.2, 0.25) is 0 Å². The van der Waals surface area contributed by atoms with Crippen LogP contribution in [0.5, 0.6) is 0 Å². The van der Waals surface area contributed by atoms with Gasteiger partial charge in [-0.1, -0.05) is 128 Å². The van der Waals surface area contributed by atoms with Crippen LogP contribution in [-0.4, -0.2) is 8.07 Å². The van der Waals surface area contributed by atoms with Gasteiger partial charge in [0.05, 0.1) is 8.07 Å². The summed E-state index contributed by atoms with van der Waals surface area (Å²) in [6, 6.07) is 21.9. The van der Waals surface area contributed by atoms with E-state index in [0.717, 1.165) is 70.3 Å². The summed E-state index contributed by atoms with van der Waals surface area (Å²) in [6.45, 7) is 18.3. The maximum Gasteiger partial charge on any atom is 0.0546 e. The molecule has 0 amide bonds.